The van der Waals surface area contributed by atoms with Gasteiger partial charge in [0.25, 0.3) is 0 Å². The van der Waals surface area contributed by atoms with Gasteiger partial charge in [0.15, 0.2) is 0 Å². The minimum atomic E-state index is -3.77. The molecule has 1 fully saturated rings. The van der Waals surface area contributed by atoms with Crippen molar-refractivity contribution in [1.82, 2.24) is 9.88 Å². The Hall–Kier alpha value is -3.42. The van der Waals surface area contributed by atoms with E-state index in [0.717, 1.165) is 49.2 Å². The van der Waals surface area contributed by atoms with Crippen LogP contribution in [0.5, 0.6) is 5.75 Å². The monoisotopic (exact) mass is 487 g/mol. The van der Waals surface area contributed by atoms with E-state index in [9.17, 15) is 8.42 Å². The number of pyridine rings is 1. The molecule has 3 aromatic carbocycles. The average Bonchev–Trinajstić information content (AvgIpc) is 2.89. The predicted molar refractivity (Wildman–Crippen MR) is 139 cm³/mol. The second-order valence-corrected chi connectivity index (χ2v) is 10.8. The molecule has 0 spiro atoms. The molecule has 35 heavy (non-hydrogen) atoms. The second-order valence-electron chi connectivity index (χ2n) is 8.92. The Bertz CT molecular complexity index is 1430. The number of aryl methyl sites for hydroxylation is 1. The number of methoxy groups -OCH3 is 1. The van der Waals surface area contributed by atoms with E-state index in [1.165, 1.54) is 11.8 Å². The van der Waals surface area contributed by atoms with Crippen molar-refractivity contribution in [2.24, 2.45) is 0 Å². The fourth-order valence-electron chi connectivity index (χ4n) is 4.60. The number of fused-ring (bicyclic) bond motifs is 1. The van der Waals surface area contributed by atoms with E-state index in [0.29, 0.717) is 11.4 Å². The molecule has 0 bridgehead atoms. The fraction of sp³-hybridized carbons (Fsp3) is 0.250. The molecule has 0 radical (unpaired) electrons. The standard InChI is InChI=1S/C28H29N3O3S/c1-21-8-11-24(12-9-21)35(32,33)27-19-29-26-13-10-23(34-2)18-25(26)28(27)31-16-14-30(15-17-31)20-22-6-4-3-5-7-22/h3-13,18-19H,14-17,20H2,1-2H3. The van der Waals surface area contributed by atoms with Gasteiger partial charge < -0.3 is 9.64 Å². The van der Waals surface area contributed by atoms with Crippen LogP contribution in [0.4, 0.5) is 5.69 Å². The number of ether oxygens (including phenoxy) is 1. The zero-order valence-corrected chi connectivity index (χ0v) is 20.8. The summed E-state index contributed by atoms with van der Waals surface area (Å²) < 4.78 is 33.1. The number of piperazine rings is 1. The highest BCUT2D eigenvalue weighted by Gasteiger charge is 2.29. The molecule has 180 valence electrons. The highest BCUT2D eigenvalue weighted by Crippen LogP contribution is 2.37. The van der Waals surface area contributed by atoms with Crippen LogP contribution >= 0.6 is 0 Å². The molecule has 0 aliphatic carbocycles. The minimum absolute atomic E-state index is 0.235. The van der Waals surface area contributed by atoms with E-state index < -0.39 is 9.84 Å². The summed E-state index contributed by atoms with van der Waals surface area (Å²) in [6, 6.07) is 23.0. The quantitative estimate of drug-likeness (QED) is 0.393. The van der Waals surface area contributed by atoms with Crippen molar-refractivity contribution >= 4 is 26.4 Å². The predicted octanol–water partition coefficient (Wildman–Crippen LogP) is 4.71. The second kappa shape index (κ2) is 9.68. The van der Waals surface area contributed by atoms with Crippen molar-refractivity contribution in [1.29, 1.82) is 0 Å². The highest BCUT2D eigenvalue weighted by molar-refractivity contribution is 7.91. The maximum absolute atomic E-state index is 13.8. The van der Waals surface area contributed by atoms with Crippen molar-refractivity contribution in [3.8, 4) is 5.75 Å². The Kier molecular flexibility index (Phi) is 6.45. The molecule has 1 aliphatic heterocycles. The molecule has 2 heterocycles. The van der Waals surface area contributed by atoms with Gasteiger partial charge in [-0.1, -0.05) is 48.0 Å². The van der Waals surface area contributed by atoms with Gasteiger partial charge >= 0.3 is 0 Å². The van der Waals surface area contributed by atoms with E-state index in [1.807, 2.05) is 43.3 Å². The molecular formula is C28H29N3O3S. The first kappa shape index (κ1) is 23.3. The molecule has 0 N–H and O–H groups in total. The summed E-state index contributed by atoms with van der Waals surface area (Å²) in [5.74, 6) is 0.674. The van der Waals surface area contributed by atoms with E-state index in [4.69, 9.17) is 4.74 Å². The van der Waals surface area contributed by atoms with Crippen LogP contribution in [0.25, 0.3) is 10.9 Å². The van der Waals surface area contributed by atoms with Crippen molar-refractivity contribution in [3.63, 3.8) is 0 Å². The Morgan fingerprint density at radius 3 is 2.31 bits per heavy atom. The van der Waals surface area contributed by atoms with Gasteiger partial charge in [-0.2, -0.15) is 0 Å². The van der Waals surface area contributed by atoms with Crippen molar-refractivity contribution in [2.75, 3.05) is 38.2 Å². The van der Waals surface area contributed by atoms with Crippen molar-refractivity contribution in [3.05, 3.63) is 90.1 Å². The normalized spacial score (nSPS) is 14.9. The molecule has 1 aliphatic rings. The number of sulfone groups is 1. The first-order chi connectivity index (χ1) is 17.0. The summed E-state index contributed by atoms with van der Waals surface area (Å²) in [4.78, 5) is 9.62. The van der Waals surface area contributed by atoms with Crippen LogP contribution in [0.15, 0.2) is 88.8 Å². The van der Waals surface area contributed by atoms with Gasteiger partial charge in [0.2, 0.25) is 9.84 Å². The molecule has 4 aromatic rings. The first-order valence-corrected chi connectivity index (χ1v) is 13.2. The lowest BCUT2D eigenvalue weighted by Gasteiger charge is -2.37. The third kappa shape index (κ3) is 4.74. The third-order valence-corrected chi connectivity index (χ3v) is 8.34. The summed E-state index contributed by atoms with van der Waals surface area (Å²) in [5, 5.41) is 0.786. The zero-order chi connectivity index (χ0) is 24.4. The summed E-state index contributed by atoms with van der Waals surface area (Å²) in [6.45, 7) is 5.95. The van der Waals surface area contributed by atoms with E-state index in [1.54, 1.807) is 19.2 Å². The van der Waals surface area contributed by atoms with Gasteiger partial charge in [0, 0.05) is 44.3 Å². The topological polar surface area (TPSA) is 62.7 Å². The number of benzene rings is 3. The third-order valence-electron chi connectivity index (χ3n) is 6.57. The summed E-state index contributed by atoms with van der Waals surface area (Å²) in [6.07, 6.45) is 1.51. The van der Waals surface area contributed by atoms with Crippen LogP contribution < -0.4 is 9.64 Å². The van der Waals surface area contributed by atoms with Crippen molar-refractivity contribution in [2.45, 2.75) is 23.3 Å². The smallest absolute Gasteiger partial charge is 0.210 e. The Morgan fingerprint density at radius 2 is 1.63 bits per heavy atom. The molecular weight excluding hydrogens is 458 g/mol. The number of hydrogen-bond acceptors (Lipinski definition) is 6. The van der Waals surface area contributed by atoms with Gasteiger partial charge in [-0.25, -0.2) is 8.42 Å². The number of rotatable bonds is 6. The van der Waals surface area contributed by atoms with Gasteiger partial charge in [-0.05, 0) is 42.8 Å². The lowest BCUT2D eigenvalue weighted by atomic mass is 10.1. The lowest BCUT2D eigenvalue weighted by molar-refractivity contribution is 0.249. The zero-order valence-electron chi connectivity index (χ0n) is 20.0. The molecule has 7 heteroatoms. The molecule has 0 atom stereocenters. The van der Waals surface area contributed by atoms with Crippen LogP contribution in [0.3, 0.4) is 0 Å². The molecule has 6 nitrogen and oxygen atoms in total. The number of hydrogen-bond donors (Lipinski definition) is 0. The molecule has 0 saturated carbocycles. The summed E-state index contributed by atoms with van der Waals surface area (Å²) in [7, 11) is -2.15. The Morgan fingerprint density at radius 1 is 0.914 bits per heavy atom. The van der Waals surface area contributed by atoms with Gasteiger partial charge in [-0.3, -0.25) is 9.88 Å². The minimum Gasteiger partial charge on any atom is -0.497 e. The molecule has 1 saturated heterocycles. The Labute approximate surface area is 206 Å². The highest BCUT2D eigenvalue weighted by atomic mass is 32.2. The first-order valence-electron chi connectivity index (χ1n) is 11.8. The SMILES string of the molecule is COc1ccc2ncc(S(=O)(=O)c3ccc(C)cc3)c(N3CCN(Cc4ccccc4)CC3)c2c1. The summed E-state index contributed by atoms with van der Waals surface area (Å²) in [5.41, 5.74) is 3.74. The number of anilines is 1. The van der Waals surface area contributed by atoms with Crippen LogP contribution in [0.1, 0.15) is 11.1 Å². The Balaban J connectivity index is 1.54. The average molecular weight is 488 g/mol. The van der Waals surface area contributed by atoms with E-state index in [-0.39, 0.29) is 9.79 Å². The summed E-state index contributed by atoms with van der Waals surface area (Å²) >= 11 is 0. The van der Waals surface area contributed by atoms with Crippen molar-refractivity contribution < 1.29 is 13.2 Å². The van der Waals surface area contributed by atoms with Gasteiger partial charge in [0.1, 0.15) is 10.6 Å². The number of nitrogens with zero attached hydrogens (tertiary/aromatic N) is 3. The lowest BCUT2D eigenvalue weighted by Crippen LogP contribution is -2.46. The van der Waals surface area contributed by atoms with Crippen LogP contribution in [0.2, 0.25) is 0 Å². The maximum atomic E-state index is 13.8. The molecule has 1 aromatic heterocycles. The molecule has 5 rings (SSSR count). The number of aromatic nitrogens is 1. The van der Waals surface area contributed by atoms with Crippen LogP contribution in [-0.2, 0) is 16.4 Å². The van der Waals surface area contributed by atoms with Gasteiger partial charge in [0.05, 0.1) is 23.2 Å². The molecule has 0 unspecified atom stereocenters. The maximum Gasteiger partial charge on any atom is 0.210 e. The van der Waals surface area contributed by atoms with Crippen LogP contribution in [0, 0.1) is 6.92 Å². The molecule has 0 amide bonds. The van der Waals surface area contributed by atoms with Crippen LogP contribution in [-0.4, -0.2) is 51.6 Å². The fourth-order valence-corrected chi connectivity index (χ4v) is 6.04. The van der Waals surface area contributed by atoms with E-state index >= 15 is 0 Å². The van der Waals surface area contributed by atoms with Gasteiger partial charge in [-0.15, -0.1) is 0 Å². The largest absolute Gasteiger partial charge is 0.497 e. The van der Waals surface area contributed by atoms with E-state index in [2.05, 4.69) is 39.0 Å².